The van der Waals surface area contributed by atoms with Crippen molar-refractivity contribution < 1.29 is 9.90 Å². The second-order valence-electron chi connectivity index (χ2n) is 6.78. The first-order valence-electron chi connectivity index (χ1n) is 9.27. The Kier molecular flexibility index (Phi) is 6.54. The second kappa shape index (κ2) is 9.29. The summed E-state index contributed by atoms with van der Waals surface area (Å²) in [6.45, 7) is 1.95. The van der Waals surface area contributed by atoms with Crippen molar-refractivity contribution in [2.75, 3.05) is 5.32 Å². The van der Waals surface area contributed by atoms with E-state index in [1.54, 1.807) is 36.4 Å². The number of carbonyl (C=O) groups excluding carboxylic acids is 1. The second-order valence-corrected chi connectivity index (χ2v) is 7.19. The van der Waals surface area contributed by atoms with E-state index >= 15 is 0 Å². The van der Waals surface area contributed by atoms with E-state index in [1.165, 1.54) is 12.1 Å². The molecule has 0 saturated carbocycles. The van der Waals surface area contributed by atoms with E-state index in [0.717, 1.165) is 11.1 Å². The first kappa shape index (κ1) is 21.1. The molecule has 3 aromatic rings. The minimum absolute atomic E-state index is 0.0960. The highest BCUT2D eigenvalue weighted by atomic mass is 35.5. The summed E-state index contributed by atoms with van der Waals surface area (Å²) >= 11 is 6.05. The number of nitrogens with zero attached hydrogens (tertiary/aromatic N) is 1. The first-order chi connectivity index (χ1) is 14.4. The van der Waals surface area contributed by atoms with Gasteiger partial charge in [-0.1, -0.05) is 72.0 Å². The molecule has 1 amide bonds. The molecule has 0 spiro atoms. The van der Waals surface area contributed by atoms with Crippen LogP contribution in [0.4, 0.5) is 5.69 Å². The highest BCUT2D eigenvalue weighted by molar-refractivity contribution is 6.32. The number of rotatable bonds is 4. The third kappa shape index (κ3) is 4.70. The molecule has 0 bridgehead atoms. The Morgan fingerprint density at radius 1 is 1.07 bits per heavy atom. The third-order valence-electron chi connectivity index (χ3n) is 4.69. The van der Waals surface area contributed by atoms with Gasteiger partial charge in [-0.05, 0) is 42.3 Å². The van der Waals surface area contributed by atoms with Crippen LogP contribution in [0.15, 0.2) is 72.8 Å². The summed E-state index contributed by atoms with van der Waals surface area (Å²) in [6.07, 6.45) is -0.0960. The maximum Gasteiger partial charge on any atom is 0.262 e. The average molecular weight is 415 g/mol. The maximum absolute atomic E-state index is 13.1. The Balaban J connectivity index is 1.91. The van der Waals surface area contributed by atoms with Gasteiger partial charge in [0.15, 0.2) is 5.60 Å². The molecule has 1 atom stereocenters. The molecule has 0 fully saturated rings. The van der Waals surface area contributed by atoms with E-state index in [9.17, 15) is 9.90 Å². The maximum atomic E-state index is 13.1. The summed E-state index contributed by atoms with van der Waals surface area (Å²) in [6, 6.07) is 22.9. The van der Waals surface area contributed by atoms with Crippen LogP contribution in [0, 0.1) is 30.1 Å². The van der Waals surface area contributed by atoms with Gasteiger partial charge in [0.2, 0.25) is 0 Å². The molecule has 0 radical (unpaired) electrons. The Hall–Kier alpha value is -3.57. The number of anilines is 1. The zero-order valence-corrected chi connectivity index (χ0v) is 17.1. The summed E-state index contributed by atoms with van der Waals surface area (Å²) in [7, 11) is 0. The molecule has 0 aliphatic heterocycles. The van der Waals surface area contributed by atoms with Gasteiger partial charge >= 0.3 is 0 Å². The van der Waals surface area contributed by atoms with Gasteiger partial charge in [-0.2, -0.15) is 5.26 Å². The van der Waals surface area contributed by atoms with E-state index in [1.807, 2.05) is 37.3 Å². The van der Waals surface area contributed by atoms with E-state index in [2.05, 4.69) is 17.2 Å². The lowest BCUT2D eigenvalue weighted by Gasteiger charge is -2.25. The van der Waals surface area contributed by atoms with Crippen LogP contribution in [0.5, 0.6) is 0 Å². The normalized spacial score (nSPS) is 12.1. The van der Waals surface area contributed by atoms with Crippen LogP contribution in [0.2, 0.25) is 5.02 Å². The molecule has 4 nitrogen and oxygen atoms in total. The van der Waals surface area contributed by atoms with Crippen molar-refractivity contribution in [1.29, 1.82) is 5.26 Å². The Labute approximate surface area is 180 Å². The van der Waals surface area contributed by atoms with Gasteiger partial charge in [0, 0.05) is 11.3 Å². The van der Waals surface area contributed by atoms with Crippen molar-refractivity contribution in [2.24, 2.45) is 0 Å². The lowest BCUT2D eigenvalue weighted by molar-refractivity contribution is -0.134. The van der Waals surface area contributed by atoms with Gasteiger partial charge in [0.25, 0.3) is 5.91 Å². The van der Waals surface area contributed by atoms with Gasteiger partial charge in [0.05, 0.1) is 17.0 Å². The SMILES string of the molecule is Cc1ccccc1C#CCC(O)(C(=O)Nc1ccc(C#N)c(Cl)c1)c1ccccc1. The molecule has 3 aromatic carbocycles. The van der Waals surface area contributed by atoms with Gasteiger partial charge in [0.1, 0.15) is 6.07 Å². The molecule has 0 saturated heterocycles. The van der Waals surface area contributed by atoms with Gasteiger partial charge < -0.3 is 10.4 Å². The van der Waals surface area contributed by atoms with Crippen molar-refractivity contribution in [3.8, 4) is 17.9 Å². The van der Waals surface area contributed by atoms with E-state index < -0.39 is 11.5 Å². The van der Waals surface area contributed by atoms with E-state index in [0.29, 0.717) is 16.8 Å². The Morgan fingerprint density at radius 3 is 2.43 bits per heavy atom. The summed E-state index contributed by atoms with van der Waals surface area (Å²) in [5, 5.41) is 23.2. The molecule has 0 heterocycles. The van der Waals surface area contributed by atoms with Crippen molar-refractivity contribution in [2.45, 2.75) is 18.9 Å². The molecule has 3 rings (SSSR count). The zero-order valence-electron chi connectivity index (χ0n) is 16.3. The van der Waals surface area contributed by atoms with Gasteiger partial charge in [-0.3, -0.25) is 4.79 Å². The number of hydrogen-bond acceptors (Lipinski definition) is 3. The fraction of sp³-hybridized carbons (Fsp3) is 0.120. The first-order valence-corrected chi connectivity index (χ1v) is 9.65. The van der Waals surface area contributed by atoms with Gasteiger partial charge in [-0.25, -0.2) is 0 Å². The van der Waals surface area contributed by atoms with Crippen molar-refractivity contribution in [1.82, 2.24) is 0 Å². The monoisotopic (exact) mass is 414 g/mol. The molecular weight excluding hydrogens is 396 g/mol. The minimum atomic E-state index is -1.86. The summed E-state index contributed by atoms with van der Waals surface area (Å²) < 4.78 is 0. The lowest BCUT2D eigenvalue weighted by atomic mass is 9.89. The Bertz CT molecular complexity index is 1170. The number of aryl methyl sites for hydroxylation is 1. The number of hydrogen-bond donors (Lipinski definition) is 2. The number of benzene rings is 3. The molecule has 2 N–H and O–H groups in total. The van der Waals surface area contributed by atoms with Crippen LogP contribution < -0.4 is 5.32 Å². The fourth-order valence-corrected chi connectivity index (χ4v) is 3.15. The van der Waals surface area contributed by atoms with Crippen LogP contribution in [0.1, 0.15) is 28.7 Å². The number of nitrogens with one attached hydrogen (secondary N) is 1. The summed E-state index contributed by atoms with van der Waals surface area (Å²) in [5.41, 5.74) is 1.11. The molecule has 5 heteroatoms. The molecule has 0 aliphatic carbocycles. The van der Waals surface area contributed by atoms with Crippen LogP contribution in [0.3, 0.4) is 0 Å². The fourth-order valence-electron chi connectivity index (χ4n) is 2.93. The Morgan fingerprint density at radius 2 is 1.77 bits per heavy atom. The van der Waals surface area contributed by atoms with E-state index in [-0.39, 0.29) is 11.4 Å². The van der Waals surface area contributed by atoms with Crippen molar-refractivity contribution in [3.05, 3.63) is 100 Å². The summed E-state index contributed by atoms with van der Waals surface area (Å²) in [4.78, 5) is 13.1. The number of amides is 1. The van der Waals surface area contributed by atoms with Crippen molar-refractivity contribution >= 4 is 23.2 Å². The largest absolute Gasteiger partial charge is 0.375 e. The quantitative estimate of drug-likeness (QED) is 0.603. The number of carbonyl (C=O) groups is 1. The number of nitriles is 1. The lowest BCUT2D eigenvalue weighted by Crippen LogP contribution is -2.40. The molecule has 0 aliphatic rings. The van der Waals surface area contributed by atoms with Crippen LogP contribution in [-0.4, -0.2) is 11.0 Å². The standard InChI is InChI=1S/C25H19ClN2O2/c1-18-8-5-6-9-19(18)10-7-15-25(30,21-11-3-2-4-12-21)24(29)28-22-14-13-20(17-27)23(26)16-22/h2-6,8-9,11-14,16,30H,15H2,1H3,(H,28,29). The third-order valence-corrected chi connectivity index (χ3v) is 5.00. The predicted molar refractivity (Wildman–Crippen MR) is 118 cm³/mol. The van der Waals surface area contributed by atoms with Crippen LogP contribution in [0.25, 0.3) is 0 Å². The topological polar surface area (TPSA) is 73.1 Å². The summed E-state index contributed by atoms with van der Waals surface area (Å²) in [5.74, 6) is 5.35. The molecular formula is C25H19ClN2O2. The highest BCUT2D eigenvalue weighted by Gasteiger charge is 2.37. The number of aliphatic hydroxyl groups is 1. The number of halogens is 1. The smallest absolute Gasteiger partial charge is 0.262 e. The van der Waals surface area contributed by atoms with Gasteiger partial charge in [-0.15, -0.1) is 0 Å². The molecule has 30 heavy (non-hydrogen) atoms. The molecule has 0 aromatic heterocycles. The van der Waals surface area contributed by atoms with Crippen LogP contribution in [-0.2, 0) is 10.4 Å². The predicted octanol–water partition coefficient (Wildman–Crippen LogP) is 4.79. The highest BCUT2D eigenvalue weighted by Crippen LogP contribution is 2.28. The zero-order chi connectivity index (χ0) is 21.6. The molecule has 148 valence electrons. The molecule has 1 unspecified atom stereocenters. The van der Waals surface area contributed by atoms with Crippen LogP contribution >= 0.6 is 11.6 Å². The van der Waals surface area contributed by atoms with Crippen molar-refractivity contribution in [3.63, 3.8) is 0 Å². The average Bonchev–Trinajstić information content (AvgIpc) is 2.75. The van der Waals surface area contributed by atoms with E-state index in [4.69, 9.17) is 16.9 Å². The minimum Gasteiger partial charge on any atom is -0.375 e.